The van der Waals surface area contributed by atoms with Gasteiger partial charge >= 0.3 is 5.97 Å². The van der Waals surface area contributed by atoms with Crippen molar-refractivity contribution in [2.45, 2.75) is 64.1 Å². The van der Waals surface area contributed by atoms with E-state index in [1.54, 1.807) is 20.9 Å². The van der Waals surface area contributed by atoms with Crippen LogP contribution in [0.2, 0.25) is 0 Å². The Labute approximate surface area is 178 Å². The number of nitrogens with zero attached hydrogens (tertiary/aromatic N) is 2. The third-order valence-electron chi connectivity index (χ3n) is 6.67. The highest BCUT2D eigenvalue weighted by molar-refractivity contribution is 5.88. The van der Waals surface area contributed by atoms with E-state index < -0.39 is 17.7 Å². The molecule has 3 atom stereocenters. The van der Waals surface area contributed by atoms with Gasteiger partial charge in [-0.15, -0.1) is 0 Å². The summed E-state index contributed by atoms with van der Waals surface area (Å²) in [6.45, 7) is 5.64. The SMILES string of the molecule is CCOC(=O)C(C)OC(=N)/C=C(\NC)C1(O)CC2CC(c3ncn(C)c3C)CC2C1. The van der Waals surface area contributed by atoms with E-state index in [0.717, 1.165) is 12.8 Å². The highest BCUT2D eigenvalue weighted by atomic mass is 16.6. The van der Waals surface area contributed by atoms with E-state index >= 15 is 0 Å². The molecule has 3 N–H and O–H groups in total. The molecule has 0 saturated heterocycles. The van der Waals surface area contributed by atoms with Crippen LogP contribution in [-0.2, 0) is 21.3 Å². The molecule has 1 aromatic heterocycles. The van der Waals surface area contributed by atoms with Gasteiger partial charge in [0.25, 0.3) is 0 Å². The quantitative estimate of drug-likeness (QED) is 0.356. The maximum atomic E-state index is 11.7. The summed E-state index contributed by atoms with van der Waals surface area (Å²) in [4.78, 5) is 16.3. The Kier molecular flexibility index (Phi) is 6.55. The Bertz CT molecular complexity index is 817. The van der Waals surface area contributed by atoms with Crippen molar-refractivity contribution in [3.63, 3.8) is 0 Å². The van der Waals surface area contributed by atoms with Crippen molar-refractivity contribution in [2.75, 3.05) is 13.7 Å². The summed E-state index contributed by atoms with van der Waals surface area (Å²) in [6.07, 6.45) is 5.83. The lowest BCUT2D eigenvalue weighted by atomic mass is 9.90. The van der Waals surface area contributed by atoms with E-state index in [1.807, 2.05) is 13.4 Å². The van der Waals surface area contributed by atoms with Gasteiger partial charge in [0.1, 0.15) is 5.60 Å². The second kappa shape index (κ2) is 8.79. The zero-order valence-electron chi connectivity index (χ0n) is 18.6. The first-order valence-electron chi connectivity index (χ1n) is 10.7. The first-order chi connectivity index (χ1) is 14.2. The average molecular weight is 419 g/mol. The van der Waals surface area contributed by atoms with Crippen molar-refractivity contribution in [3.05, 3.63) is 29.5 Å². The zero-order chi connectivity index (χ0) is 22.1. The van der Waals surface area contributed by atoms with Gasteiger partial charge in [-0.1, -0.05) is 0 Å². The summed E-state index contributed by atoms with van der Waals surface area (Å²) >= 11 is 0. The van der Waals surface area contributed by atoms with Gasteiger partial charge in [-0.25, -0.2) is 9.78 Å². The number of likely N-dealkylation sites (N-methyl/N-ethyl adjacent to an activating group) is 1. The summed E-state index contributed by atoms with van der Waals surface area (Å²) in [5.41, 5.74) is 1.94. The van der Waals surface area contributed by atoms with Crippen LogP contribution in [-0.4, -0.2) is 51.9 Å². The maximum absolute atomic E-state index is 11.7. The fourth-order valence-corrected chi connectivity index (χ4v) is 5.12. The van der Waals surface area contributed by atoms with Crippen LogP contribution in [0.3, 0.4) is 0 Å². The summed E-state index contributed by atoms with van der Waals surface area (Å²) in [5.74, 6) is 0.609. The predicted molar refractivity (Wildman–Crippen MR) is 113 cm³/mol. The van der Waals surface area contributed by atoms with Crippen LogP contribution in [0.4, 0.5) is 0 Å². The molecular formula is C22H34N4O4. The molecule has 1 heterocycles. The molecule has 8 heteroatoms. The predicted octanol–water partition coefficient (Wildman–Crippen LogP) is 2.41. The Balaban J connectivity index is 1.64. The van der Waals surface area contributed by atoms with Gasteiger partial charge in [0.15, 0.2) is 6.10 Å². The number of imidazole rings is 1. The first-order valence-corrected chi connectivity index (χ1v) is 10.7. The minimum atomic E-state index is -1.02. The lowest BCUT2D eigenvalue weighted by molar-refractivity contribution is -0.151. The highest BCUT2D eigenvalue weighted by Gasteiger charge is 2.51. The van der Waals surface area contributed by atoms with Gasteiger partial charge in [0.05, 0.1) is 18.6 Å². The molecule has 2 fully saturated rings. The number of aromatic nitrogens is 2. The number of nitrogens with one attached hydrogen (secondary N) is 2. The third-order valence-corrected chi connectivity index (χ3v) is 6.67. The van der Waals surface area contributed by atoms with Gasteiger partial charge in [-0.3, -0.25) is 5.41 Å². The second-order valence-electron chi connectivity index (χ2n) is 8.64. The van der Waals surface area contributed by atoms with Crippen LogP contribution in [0.1, 0.15) is 56.8 Å². The highest BCUT2D eigenvalue weighted by Crippen LogP contribution is 2.55. The first kappa shape index (κ1) is 22.3. The van der Waals surface area contributed by atoms with E-state index in [4.69, 9.17) is 14.9 Å². The lowest BCUT2D eigenvalue weighted by Crippen LogP contribution is -2.36. The second-order valence-corrected chi connectivity index (χ2v) is 8.64. The number of ether oxygens (including phenoxy) is 2. The van der Waals surface area contributed by atoms with E-state index in [1.165, 1.54) is 17.5 Å². The minimum Gasteiger partial charge on any atom is -0.463 e. The van der Waals surface area contributed by atoms with Crippen molar-refractivity contribution in [3.8, 4) is 0 Å². The van der Waals surface area contributed by atoms with Gasteiger partial charge in [-0.2, -0.15) is 0 Å². The van der Waals surface area contributed by atoms with Crippen LogP contribution in [0.25, 0.3) is 0 Å². The normalized spacial score (nSPS) is 29.4. The summed E-state index contributed by atoms with van der Waals surface area (Å²) < 4.78 is 12.3. The molecule has 3 rings (SSSR count). The number of carbonyl (C=O) groups is 1. The molecule has 2 aliphatic carbocycles. The molecule has 0 bridgehead atoms. The molecule has 2 saturated carbocycles. The maximum Gasteiger partial charge on any atom is 0.347 e. The van der Waals surface area contributed by atoms with Crippen LogP contribution >= 0.6 is 0 Å². The molecule has 0 aliphatic heterocycles. The Morgan fingerprint density at radius 1 is 1.47 bits per heavy atom. The fraction of sp³-hybridized carbons (Fsp3) is 0.682. The molecule has 0 radical (unpaired) electrons. The van der Waals surface area contributed by atoms with Crippen LogP contribution in [0.15, 0.2) is 18.1 Å². The Hall–Kier alpha value is -2.35. The van der Waals surface area contributed by atoms with E-state index in [-0.39, 0.29) is 12.5 Å². The van der Waals surface area contributed by atoms with Gasteiger partial charge in [-0.05, 0) is 58.3 Å². The van der Waals surface area contributed by atoms with E-state index in [2.05, 4.69) is 21.8 Å². The lowest BCUT2D eigenvalue weighted by Gasteiger charge is -2.28. The summed E-state index contributed by atoms with van der Waals surface area (Å²) in [7, 11) is 3.75. The number of aryl methyl sites for hydroxylation is 1. The summed E-state index contributed by atoms with van der Waals surface area (Å²) in [5, 5.41) is 22.5. The number of fused-ring (bicyclic) bond motifs is 1. The number of esters is 1. The standard InChI is InChI=1S/C22H34N4O4/c1-6-29-21(27)14(3)30-19(23)9-18(24-4)22(28)10-16-7-15(8-17(16)11-22)20-13(2)26(5)12-25-20/h9,12,14-17,23-24,28H,6-8,10-11H2,1-5H3/b18-9-,23-19?. The van der Waals surface area contributed by atoms with Crippen LogP contribution < -0.4 is 5.32 Å². The van der Waals surface area contributed by atoms with Crippen molar-refractivity contribution in [1.29, 1.82) is 5.41 Å². The number of rotatable bonds is 7. The van der Waals surface area contributed by atoms with Crippen molar-refractivity contribution in [1.82, 2.24) is 14.9 Å². The molecule has 0 aromatic carbocycles. The zero-order valence-corrected chi connectivity index (χ0v) is 18.6. The molecule has 8 nitrogen and oxygen atoms in total. The fourth-order valence-electron chi connectivity index (χ4n) is 5.12. The van der Waals surface area contributed by atoms with Gasteiger partial charge < -0.3 is 24.5 Å². The molecule has 30 heavy (non-hydrogen) atoms. The van der Waals surface area contributed by atoms with E-state index in [9.17, 15) is 9.90 Å². The number of carbonyl (C=O) groups excluding carboxylic acids is 1. The summed E-state index contributed by atoms with van der Waals surface area (Å²) in [6, 6.07) is 0. The van der Waals surface area contributed by atoms with E-state index in [0.29, 0.717) is 36.3 Å². The molecule has 2 aliphatic rings. The number of hydrogen-bond acceptors (Lipinski definition) is 7. The smallest absolute Gasteiger partial charge is 0.347 e. The largest absolute Gasteiger partial charge is 0.463 e. The molecular weight excluding hydrogens is 384 g/mol. The van der Waals surface area contributed by atoms with Crippen LogP contribution in [0.5, 0.6) is 0 Å². The number of hydrogen-bond donors (Lipinski definition) is 3. The third kappa shape index (κ3) is 4.38. The minimum absolute atomic E-state index is 0.174. The Morgan fingerprint density at radius 2 is 2.10 bits per heavy atom. The van der Waals surface area contributed by atoms with Crippen LogP contribution in [0, 0.1) is 24.2 Å². The molecule has 166 valence electrons. The number of aliphatic hydroxyl groups is 1. The Morgan fingerprint density at radius 3 is 2.60 bits per heavy atom. The van der Waals surface area contributed by atoms with Crippen molar-refractivity contribution in [2.24, 2.45) is 18.9 Å². The molecule has 0 spiro atoms. The van der Waals surface area contributed by atoms with Gasteiger partial charge in [0.2, 0.25) is 5.90 Å². The monoisotopic (exact) mass is 418 g/mol. The van der Waals surface area contributed by atoms with Crippen molar-refractivity contribution < 1.29 is 19.4 Å². The van der Waals surface area contributed by atoms with Gasteiger partial charge in [0, 0.05) is 37.5 Å². The average Bonchev–Trinajstić information content (AvgIpc) is 3.31. The molecule has 1 aromatic rings. The molecule has 0 amide bonds. The molecule has 3 unspecified atom stereocenters. The topological polar surface area (TPSA) is 109 Å². The van der Waals surface area contributed by atoms with Crippen molar-refractivity contribution >= 4 is 11.9 Å².